The molecule has 3 rings (SSSR count). The Morgan fingerprint density at radius 3 is 2.81 bits per heavy atom. The van der Waals surface area contributed by atoms with E-state index in [1.165, 1.54) is 23.3 Å². The number of carbonyl (C=O) groups excluding carboxylic acids is 1. The Balaban J connectivity index is 1.57. The van der Waals surface area contributed by atoms with Crippen LogP contribution in [0.1, 0.15) is 45.8 Å². The smallest absolute Gasteiger partial charge is 0.263 e. The monoisotopic (exact) mass is 327 g/mol. The number of alkyl halides is 1. The Labute approximate surface area is 135 Å². The predicted octanol–water partition coefficient (Wildman–Crippen LogP) is 3.49. The SMILES string of the molecule is O=C(c1cc2c(s1)CCCC2)N1CCC(OCCCl)CC1. The summed E-state index contributed by atoms with van der Waals surface area (Å²) in [5.41, 5.74) is 1.41. The third kappa shape index (κ3) is 3.61. The van der Waals surface area contributed by atoms with Crippen molar-refractivity contribution in [1.29, 1.82) is 0 Å². The highest BCUT2D eigenvalue weighted by Gasteiger charge is 2.26. The summed E-state index contributed by atoms with van der Waals surface area (Å²) in [6, 6.07) is 2.14. The number of nitrogens with zero attached hydrogens (tertiary/aromatic N) is 1. The number of amides is 1. The molecule has 5 heteroatoms. The fourth-order valence-electron chi connectivity index (χ4n) is 3.19. The molecule has 116 valence electrons. The number of fused-ring (bicyclic) bond motifs is 1. The maximum atomic E-state index is 12.6. The molecule has 0 saturated carbocycles. The molecule has 2 aliphatic rings. The van der Waals surface area contributed by atoms with Gasteiger partial charge in [-0.2, -0.15) is 0 Å². The molecule has 1 amide bonds. The average molecular weight is 328 g/mol. The number of likely N-dealkylation sites (tertiary alicyclic amines) is 1. The average Bonchev–Trinajstić information content (AvgIpc) is 2.96. The number of thiophene rings is 1. The molecule has 21 heavy (non-hydrogen) atoms. The van der Waals surface area contributed by atoms with Gasteiger partial charge in [0.15, 0.2) is 0 Å². The van der Waals surface area contributed by atoms with E-state index in [4.69, 9.17) is 16.3 Å². The van der Waals surface area contributed by atoms with Crippen LogP contribution in [-0.2, 0) is 17.6 Å². The van der Waals surface area contributed by atoms with Gasteiger partial charge in [0.2, 0.25) is 0 Å². The zero-order valence-electron chi connectivity index (χ0n) is 12.3. The van der Waals surface area contributed by atoms with Gasteiger partial charge in [-0.05, 0) is 50.2 Å². The fraction of sp³-hybridized carbons (Fsp3) is 0.688. The molecule has 1 aromatic heterocycles. The van der Waals surface area contributed by atoms with E-state index >= 15 is 0 Å². The normalized spacial score (nSPS) is 19.6. The summed E-state index contributed by atoms with van der Waals surface area (Å²) < 4.78 is 5.66. The highest BCUT2D eigenvalue weighted by atomic mass is 35.5. The highest BCUT2D eigenvalue weighted by Crippen LogP contribution is 2.31. The summed E-state index contributed by atoms with van der Waals surface area (Å²) in [4.78, 5) is 17.0. The molecule has 3 nitrogen and oxygen atoms in total. The molecule has 0 unspecified atom stereocenters. The van der Waals surface area contributed by atoms with Crippen LogP contribution in [0.4, 0.5) is 0 Å². The van der Waals surface area contributed by atoms with Gasteiger partial charge in [-0.25, -0.2) is 0 Å². The summed E-state index contributed by atoms with van der Waals surface area (Å²) in [7, 11) is 0. The first-order chi connectivity index (χ1) is 10.3. The van der Waals surface area contributed by atoms with E-state index < -0.39 is 0 Å². The molecular weight excluding hydrogens is 306 g/mol. The van der Waals surface area contributed by atoms with E-state index in [2.05, 4.69) is 6.07 Å². The van der Waals surface area contributed by atoms with Crippen molar-refractivity contribution in [1.82, 2.24) is 4.90 Å². The van der Waals surface area contributed by atoms with Gasteiger partial charge in [0.05, 0.1) is 17.6 Å². The first kappa shape index (κ1) is 15.3. The number of carbonyl (C=O) groups is 1. The summed E-state index contributed by atoms with van der Waals surface area (Å²) in [6.45, 7) is 2.21. The maximum Gasteiger partial charge on any atom is 0.263 e. The van der Waals surface area contributed by atoms with Crippen LogP contribution in [0.15, 0.2) is 6.07 Å². The maximum absolute atomic E-state index is 12.6. The van der Waals surface area contributed by atoms with Crippen molar-refractivity contribution in [3.05, 3.63) is 21.4 Å². The third-order valence-electron chi connectivity index (χ3n) is 4.37. The van der Waals surface area contributed by atoms with E-state index in [0.29, 0.717) is 12.5 Å². The molecule has 0 aromatic carbocycles. The Hall–Kier alpha value is -0.580. The van der Waals surface area contributed by atoms with Crippen LogP contribution in [0.5, 0.6) is 0 Å². The van der Waals surface area contributed by atoms with Crippen molar-refractivity contribution in [3.8, 4) is 0 Å². The van der Waals surface area contributed by atoms with Crippen molar-refractivity contribution in [2.24, 2.45) is 0 Å². The second kappa shape index (κ2) is 7.12. The van der Waals surface area contributed by atoms with Gasteiger partial charge < -0.3 is 9.64 Å². The zero-order valence-corrected chi connectivity index (χ0v) is 13.8. The largest absolute Gasteiger partial charge is 0.377 e. The number of aryl methyl sites for hydroxylation is 2. The first-order valence-corrected chi connectivity index (χ1v) is 9.21. The van der Waals surface area contributed by atoms with E-state index in [-0.39, 0.29) is 12.0 Å². The van der Waals surface area contributed by atoms with Gasteiger partial charge in [0.1, 0.15) is 0 Å². The van der Waals surface area contributed by atoms with Gasteiger partial charge in [-0.15, -0.1) is 22.9 Å². The first-order valence-electron chi connectivity index (χ1n) is 7.86. The molecule has 2 heterocycles. The van der Waals surface area contributed by atoms with E-state index in [1.807, 2.05) is 4.90 Å². The Morgan fingerprint density at radius 2 is 2.10 bits per heavy atom. The standard InChI is InChI=1S/C16H22ClNO2S/c17-7-10-20-13-5-8-18(9-6-13)16(19)15-11-12-3-1-2-4-14(12)21-15/h11,13H,1-10H2. The molecule has 0 radical (unpaired) electrons. The van der Waals surface area contributed by atoms with Crippen LogP contribution in [0.2, 0.25) is 0 Å². The van der Waals surface area contributed by atoms with Crippen LogP contribution in [0, 0.1) is 0 Å². The van der Waals surface area contributed by atoms with Gasteiger partial charge in [0, 0.05) is 23.8 Å². The minimum atomic E-state index is 0.213. The van der Waals surface area contributed by atoms with Crippen molar-refractivity contribution >= 4 is 28.8 Å². The van der Waals surface area contributed by atoms with E-state index in [0.717, 1.165) is 43.6 Å². The predicted molar refractivity (Wildman–Crippen MR) is 86.6 cm³/mol. The molecule has 0 atom stereocenters. The van der Waals surface area contributed by atoms with Gasteiger partial charge in [-0.1, -0.05) is 0 Å². The number of halogens is 1. The lowest BCUT2D eigenvalue weighted by molar-refractivity contribution is 0.0155. The van der Waals surface area contributed by atoms with Gasteiger partial charge >= 0.3 is 0 Å². The summed E-state index contributed by atoms with van der Waals surface area (Å²) in [5.74, 6) is 0.755. The highest BCUT2D eigenvalue weighted by molar-refractivity contribution is 7.14. The lowest BCUT2D eigenvalue weighted by Crippen LogP contribution is -2.40. The van der Waals surface area contributed by atoms with Crippen molar-refractivity contribution < 1.29 is 9.53 Å². The minimum absolute atomic E-state index is 0.213. The van der Waals surface area contributed by atoms with Crippen LogP contribution < -0.4 is 0 Å². The van der Waals surface area contributed by atoms with Crippen LogP contribution in [0.3, 0.4) is 0 Å². The number of ether oxygens (including phenoxy) is 1. The van der Waals surface area contributed by atoms with Crippen LogP contribution >= 0.6 is 22.9 Å². The molecular formula is C16H22ClNO2S. The van der Waals surface area contributed by atoms with Crippen LogP contribution in [-0.4, -0.2) is 42.5 Å². The number of hydrogen-bond acceptors (Lipinski definition) is 3. The fourth-order valence-corrected chi connectivity index (χ4v) is 4.50. The van der Waals surface area contributed by atoms with Gasteiger partial charge in [0.25, 0.3) is 5.91 Å². The number of piperidine rings is 1. The molecule has 1 saturated heterocycles. The summed E-state index contributed by atoms with van der Waals surface area (Å²) >= 11 is 7.35. The number of hydrogen-bond donors (Lipinski definition) is 0. The molecule has 1 aromatic rings. The molecule has 1 fully saturated rings. The minimum Gasteiger partial charge on any atom is -0.377 e. The Morgan fingerprint density at radius 1 is 1.33 bits per heavy atom. The van der Waals surface area contributed by atoms with Gasteiger partial charge in [-0.3, -0.25) is 4.79 Å². The second-order valence-corrected chi connectivity index (χ2v) is 7.33. The third-order valence-corrected chi connectivity index (χ3v) is 5.75. The molecule has 1 aliphatic carbocycles. The quantitative estimate of drug-likeness (QED) is 0.792. The second-order valence-electron chi connectivity index (χ2n) is 5.82. The summed E-state index contributed by atoms with van der Waals surface area (Å²) in [6.07, 6.45) is 6.95. The van der Waals surface area contributed by atoms with Crippen LogP contribution in [0.25, 0.3) is 0 Å². The molecule has 0 N–H and O–H groups in total. The van der Waals surface area contributed by atoms with Crippen molar-refractivity contribution in [3.63, 3.8) is 0 Å². The van der Waals surface area contributed by atoms with Crippen molar-refractivity contribution in [2.45, 2.75) is 44.6 Å². The zero-order chi connectivity index (χ0) is 14.7. The lowest BCUT2D eigenvalue weighted by Gasteiger charge is -2.31. The van der Waals surface area contributed by atoms with E-state index in [9.17, 15) is 4.79 Å². The molecule has 0 bridgehead atoms. The Bertz CT molecular complexity index is 471. The number of rotatable bonds is 4. The topological polar surface area (TPSA) is 29.5 Å². The molecule has 1 aliphatic heterocycles. The van der Waals surface area contributed by atoms with Crippen molar-refractivity contribution in [2.75, 3.05) is 25.6 Å². The Kier molecular flexibility index (Phi) is 5.19. The summed E-state index contributed by atoms with van der Waals surface area (Å²) in [5, 5.41) is 0. The van der Waals surface area contributed by atoms with E-state index in [1.54, 1.807) is 11.3 Å². The molecule has 0 spiro atoms. The lowest BCUT2D eigenvalue weighted by atomic mass is 9.99.